The zero-order valence-electron chi connectivity index (χ0n) is 38.0. The van der Waals surface area contributed by atoms with Crippen LogP contribution in [0.4, 0.5) is 0 Å². The summed E-state index contributed by atoms with van der Waals surface area (Å²) in [6.07, 6.45) is 5.73. The molecule has 0 fully saturated rings. The number of hydrogen-bond acceptors (Lipinski definition) is 2. The lowest BCUT2D eigenvalue weighted by molar-refractivity contribution is 0.640. The molecule has 0 aliphatic heterocycles. The molecular formula is C66H42N2OS. The Balaban J connectivity index is 0.777. The van der Waals surface area contributed by atoms with Crippen LogP contribution in [-0.2, 0) is 6.42 Å². The zero-order valence-corrected chi connectivity index (χ0v) is 38.8. The van der Waals surface area contributed by atoms with Crippen LogP contribution in [0, 0.1) is 0 Å². The van der Waals surface area contributed by atoms with Gasteiger partial charge in [0.15, 0.2) is 0 Å². The average Bonchev–Trinajstić information content (AvgIpc) is 4.18. The van der Waals surface area contributed by atoms with Crippen molar-refractivity contribution >= 4 is 93.0 Å². The molecule has 70 heavy (non-hydrogen) atoms. The number of furan rings is 1. The summed E-state index contributed by atoms with van der Waals surface area (Å²) in [6.45, 7) is 0. The number of rotatable bonds is 6. The lowest BCUT2D eigenvalue weighted by Crippen LogP contribution is -2.12. The van der Waals surface area contributed by atoms with Gasteiger partial charge in [-0.05, 0) is 153 Å². The minimum absolute atomic E-state index is 0.197. The summed E-state index contributed by atoms with van der Waals surface area (Å²) in [5, 5.41) is 8.66. The number of allylic oxidation sites excluding steroid dienone is 1. The van der Waals surface area contributed by atoms with Crippen LogP contribution in [0.3, 0.4) is 0 Å². The van der Waals surface area contributed by atoms with Crippen LogP contribution >= 0.6 is 11.3 Å². The molecule has 4 aromatic heterocycles. The topological polar surface area (TPSA) is 23.0 Å². The van der Waals surface area contributed by atoms with E-state index in [1.165, 1.54) is 103 Å². The molecule has 0 spiro atoms. The van der Waals surface area contributed by atoms with Gasteiger partial charge in [0.05, 0.1) is 17.1 Å². The van der Waals surface area contributed by atoms with Crippen LogP contribution in [0.25, 0.3) is 132 Å². The van der Waals surface area contributed by atoms with Gasteiger partial charge in [0.25, 0.3) is 0 Å². The Hall–Kier alpha value is -8.70. The largest absolute Gasteiger partial charge is 0.456 e. The molecule has 0 bridgehead atoms. The Morgan fingerprint density at radius 3 is 1.61 bits per heavy atom. The summed E-state index contributed by atoms with van der Waals surface area (Å²) in [6, 6.07) is 82.4. The molecule has 3 nitrogen and oxygen atoms in total. The maximum Gasteiger partial charge on any atom is 0.135 e. The van der Waals surface area contributed by atoms with Gasteiger partial charge in [-0.2, -0.15) is 0 Å². The second-order valence-corrected chi connectivity index (χ2v) is 19.9. The van der Waals surface area contributed by atoms with Crippen molar-refractivity contribution in [2.45, 2.75) is 12.5 Å². The van der Waals surface area contributed by atoms with Crippen molar-refractivity contribution in [3.8, 4) is 50.2 Å². The Kier molecular flexibility index (Phi) is 8.65. The first kappa shape index (κ1) is 39.3. The van der Waals surface area contributed by atoms with Gasteiger partial charge in [-0.15, -0.1) is 11.3 Å². The molecule has 328 valence electrons. The van der Waals surface area contributed by atoms with Crippen LogP contribution < -0.4 is 0 Å². The molecule has 0 amide bonds. The standard InChI is InChI=1S/C66H42N2OS/c1-3-12-41(13-4-1)45-22-28-61-53(35-45)51-18-7-9-20-59(51)67(61)49-26-31-64-56(39-49)55-37-47(24-30-63(55)69-64)43-16-11-17-44(34-43)48-25-32-65-57(38-48)58-40-50(27-33-66(58)70-65)68-60-21-10-8-19-52(60)54-36-46(23-29-62(54)68)42-14-5-2-6-15-42/h1-39,50H,40H2. The monoisotopic (exact) mass is 910 g/mol. The summed E-state index contributed by atoms with van der Waals surface area (Å²) < 4.78 is 12.8. The van der Waals surface area contributed by atoms with Crippen LogP contribution in [0.5, 0.6) is 0 Å². The number of benzene rings is 10. The molecule has 15 rings (SSSR count). The maximum atomic E-state index is 6.51. The molecule has 10 aromatic carbocycles. The van der Waals surface area contributed by atoms with Crippen LogP contribution in [0.2, 0.25) is 0 Å². The Bertz CT molecular complexity index is 4450. The van der Waals surface area contributed by atoms with E-state index in [0.717, 1.165) is 39.6 Å². The molecule has 14 aromatic rings. The first-order valence-electron chi connectivity index (χ1n) is 24.1. The van der Waals surface area contributed by atoms with E-state index in [0.29, 0.717) is 0 Å². The first-order chi connectivity index (χ1) is 34.7. The highest BCUT2D eigenvalue weighted by Crippen LogP contribution is 2.44. The lowest BCUT2D eigenvalue weighted by atomic mass is 9.94. The van der Waals surface area contributed by atoms with E-state index in [4.69, 9.17) is 4.42 Å². The van der Waals surface area contributed by atoms with E-state index in [1.54, 1.807) is 0 Å². The fraction of sp³-hybridized carbons (Fsp3) is 0.0303. The van der Waals surface area contributed by atoms with Crippen molar-refractivity contribution in [3.05, 3.63) is 241 Å². The predicted octanol–water partition coefficient (Wildman–Crippen LogP) is 18.5. The second kappa shape index (κ2) is 15.4. The Morgan fingerprint density at radius 2 is 0.871 bits per heavy atom. The molecule has 0 N–H and O–H groups in total. The van der Waals surface area contributed by atoms with Crippen LogP contribution in [0.1, 0.15) is 16.5 Å². The number of nitrogens with zero attached hydrogens (tertiary/aromatic N) is 2. The summed E-state index contributed by atoms with van der Waals surface area (Å²) in [4.78, 5) is 1.36. The molecule has 0 radical (unpaired) electrons. The summed E-state index contributed by atoms with van der Waals surface area (Å²) >= 11 is 1.91. The van der Waals surface area contributed by atoms with Crippen molar-refractivity contribution in [2.24, 2.45) is 0 Å². The van der Waals surface area contributed by atoms with E-state index in [9.17, 15) is 0 Å². The number of fused-ring (bicyclic) bond motifs is 12. The molecule has 0 saturated heterocycles. The molecule has 1 unspecified atom stereocenters. The summed E-state index contributed by atoms with van der Waals surface area (Å²) in [5.41, 5.74) is 19.0. The van der Waals surface area contributed by atoms with Crippen molar-refractivity contribution in [3.63, 3.8) is 0 Å². The highest BCUT2D eigenvalue weighted by molar-refractivity contribution is 7.20. The first-order valence-corrected chi connectivity index (χ1v) is 25.0. The van der Waals surface area contributed by atoms with Crippen molar-refractivity contribution in [1.29, 1.82) is 0 Å². The van der Waals surface area contributed by atoms with Gasteiger partial charge >= 0.3 is 0 Å². The minimum Gasteiger partial charge on any atom is -0.456 e. The minimum atomic E-state index is 0.197. The molecule has 1 aliphatic carbocycles. The van der Waals surface area contributed by atoms with E-state index >= 15 is 0 Å². The number of thiophene rings is 1. The normalized spacial score (nSPS) is 13.7. The molecule has 0 saturated carbocycles. The lowest BCUT2D eigenvalue weighted by Gasteiger charge is -2.22. The SMILES string of the molecule is C1=CC(n2c3ccccc3c3cc(-c4ccccc4)ccc32)Cc2c1sc1ccc(-c3cccc(-c4ccc5oc6ccc(-n7c8ccccc8c8cc(-c9ccccc9)ccc87)cc6c5c4)c3)cc21. The predicted molar refractivity (Wildman–Crippen MR) is 296 cm³/mol. The third-order valence-electron chi connectivity index (χ3n) is 14.9. The molecular weight excluding hydrogens is 869 g/mol. The van der Waals surface area contributed by atoms with Gasteiger partial charge in [0, 0.05) is 58.6 Å². The van der Waals surface area contributed by atoms with Crippen molar-refractivity contribution in [2.75, 3.05) is 0 Å². The van der Waals surface area contributed by atoms with E-state index in [-0.39, 0.29) is 6.04 Å². The van der Waals surface area contributed by atoms with E-state index in [1.807, 2.05) is 11.3 Å². The quantitative estimate of drug-likeness (QED) is 0.163. The average molecular weight is 911 g/mol. The van der Waals surface area contributed by atoms with Gasteiger partial charge < -0.3 is 13.6 Å². The second-order valence-electron chi connectivity index (χ2n) is 18.8. The van der Waals surface area contributed by atoms with Gasteiger partial charge in [0.1, 0.15) is 11.2 Å². The third-order valence-corrected chi connectivity index (χ3v) is 16.1. The zero-order chi connectivity index (χ0) is 45.9. The van der Waals surface area contributed by atoms with Gasteiger partial charge in [-0.25, -0.2) is 0 Å². The Morgan fingerprint density at radius 1 is 0.371 bits per heavy atom. The third kappa shape index (κ3) is 6.13. The summed E-state index contributed by atoms with van der Waals surface area (Å²) in [7, 11) is 0. The molecule has 1 aliphatic rings. The number of aromatic nitrogens is 2. The molecule has 4 heteroatoms. The molecule has 1 atom stereocenters. The van der Waals surface area contributed by atoms with Crippen LogP contribution in [0.15, 0.2) is 235 Å². The van der Waals surface area contributed by atoms with E-state index in [2.05, 4.69) is 246 Å². The fourth-order valence-corrected chi connectivity index (χ4v) is 12.7. The fourth-order valence-electron chi connectivity index (χ4n) is 11.5. The van der Waals surface area contributed by atoms with E-state index < -0.39 is 0 Å². The maximum absolute atomic E-state index is 6.51. The smallest absolute Gasteiger partial charge is 0.135 e. The number of para-hydroxylation sites is 2. The van der Waals surface area contributed by atoms with Crippen molar-refractivity contribution in [1.82, 2.24) is 9.13 Å². The Labute approximate surface area is 408 Å². The van der Waals surface area contributed by atoms with Crippen LogP contribution in [-0.4, -0.2) is 9.13 Å². The molecule has 4 heterocycles. The summed E-state index contributed by atoms with van der Waals surface area (Å²) in [5.74, 6) is 0. The van der Waals surface area contributed by atoms with Crippen molar-refractivity contribution < 1.29 is 4.42 Å². The van der Waals surface area contributed by atoms with Gasteiger partial charge in [-0.3, -0.25) is 0 Å². The highest BCUT2D eigenvalue weighted by atomic mass is 32.1. The highest BCUT2D eigenvalue weighted by Gasteiger charge is 2.24. The van der Waals surface area contributed by atoms with Gasteiger partial charge in [0.2, 0.25) is 0 Å². The number of hydrogen-bond donors (Lipinski definition) is 0. The van der Waals surface area contributed by atoms with Gasteiger partial charge in [-0.1, -0.05) is 146 Å².